The van der Waals surface area contributed by atoms with Crippen molar-refractivity contribution in [3.05, 3.63) is 12.7 Å². The molecular formula is C10H18O3. The second-order valence-electron chi connectivity index (χ2n) is 2.89. The maximum atomic E-state index is 10.1. The Balaban J connectivity index is 2.91. The Labute approximate surface area is 79.4 Å². The van der Waals surface area contributed by atoms with Crippen LogP contribution in [-0.2, 0) is 9.53 Å². The summed E-state index contributed by atoms with van der Waals surface area (Å²) in [6.07, 6.45) is 5.61. The largest absolute Gasteiger partial charge is 0.481 e. The van der Waals surface area contributed by atoms with Crippen molar-refractivity contribution in [1.29, 1.82) is 0 Å². The van der Waals surface area contributed by atoms with Crippen LogP contribution in [0.4, 0.5) is 0 Å². The van der Waals surface area contributed by atoms with E-state index < -0.39 is 5.97 Å². The lowest BCUT2D eigenvalue weighted by atomic mass is 10.2. The van der Waals surface area contributed by atoms with Crippen molar-refractivity contribution < 1.29 is 14.6 Å². The molecule has 0 aromatic rings. The summed E-state index contributed by atoms with van der Waals surface area (Å²) in [4.78, 5) is 10.1. The van der Waals surface area contributed by atoms with Gasteiger partial charge in [0.1, 0.15) is 0 Å². The second kappa shape index (κ2) is 9.26. The molecule has 76 valence electrons. The smallest absolute Gasteiger partial charge is 0.303 e. The van der Waals surface area contributed by atoms with Crippen LogP contribution in [0, 0.1) is 0 Å². The van der Waals surface area contributed by atoms with Crippen LogP contribution in [0.3, 0.4) is 0 Å². The average Bonchev–Trinajstić information content (AvgIpc) is 2.09. The van der Waals surface area contributed by atoms with E-state index in [2.05, 4.69) is 6.58 Å². The summed E-state index contributed by atoms with van der Waals surface area (Å²) in [5.74, 6) is -0.715. The number of unbranched alkanes of at least 4 members (excludes halogenated alkanes) is 2. The van der Waals surface area contributed by atoms with Gasteiger partial charge in [-0.25, -0.2) is 0 Å². The Morgan fingerprint density at radius 2 is 2.08 bits per heavy atom. The van der Waals surface area contributed by atoms with Crippen molar-refractivity contribution in [2.45, 2.75) is 32.1 Å². The molecule has 3 nitrogen and oxygen atoms in total. The van der Waals surface area contributed by atoms with Crippen LogP contribution in [0.5, 0.6) is 0 Å². The zero-order valence-corrected chi connectivity index (χ0v) is 8.00. The first-order valence-electron chi connectivity index (χ1n) is 4.68. The molecule has 0 aliphatic heterocycles. The molecular weight excluding hydrogens is 168 g/mol. The van der Waals surface area contributed by atoms with E-state index in [0.29, 0.717) is 0 Å². The van der Waals surface area contributed by atoms with Gasteiger partial charge in [-0.3, -0.25) is 4.79 Å². The molecule has 3 heteroatoms. The van der Waals surface area contributed by atoms with Gasteiger partial charge in [-0.15, -0.1) is 6.58 Å². The van der Waals surface area contributed by atoms with E-state index in [0.717, 1.165) is 38.9 Å². The Hall–Kier alpha value is -0.830. The van der Waals surface area contributed by atoms with Crippen molar-refractivity contribution in [1.82, 2.24) is 0 Å². The third-order valence-corrected chi connectivity index (χ3v) is 1.65. The van der Waals surface area contributed by atoms with Gasteiger partial charge in [0.15, 0.2) is 0 Å². The van der Waals surface area contributed by atoms with E-state index in [1.807, 2.05) is 6.08 Å². The van der Waals surface area contributed by atoms with Gasteiger partial charge in [0.2, 0.25) is 0 Å². The molecule has 0 bridgehead atoms. The number of carbonyl (C=O) groups is 1. The minimum absolute atomic E-state index is 0.270. The number of carboxylic acid groups (broad SMARTS) is 1. The molecule has 0 amide bonds. The van der Waals surface area contributed by atoms with Crippen molar-refractivity contribution in [2.75, 3.05) is 13.2 Å². The van der Waals surface area contributed by atoms with Crippen LogP contribution in [0.2, 0.25) is 0 Å². The Morgan fingerprint density at radius 1 is 1.31 bits per heavy atom. The lowest BCUT2D eigenvalue weighted by molar-refractivity contribution is -0.137. The predicted molar refractivity (Wildman–Crippen MR) is 51.7 cm³/mol. The highest BCUT2D eigenvalue weighted by Gasteiger charge is 1.95. The van der Waals surface area contributed by atoms with Gasteiger partial charge in [-0.1, -0.05) is 12.5 Å². The monoisotopic (exact) mass is 186 g/mol. The van der Waals surface area contributed by atoms with Gasteiger partial charge in [0, 0.05) is 19.6 Å². The van der Waals surface area contributed by atoms with Crippen molar-refractivity contribution in [3.63, 3.8) is 0 Å². The van der Waals surface area contributed by atoms with Gasteiger partial charge in [-0.2, -0.15) is 0 Å². The standard InChI is InChI=1S/C10H18O3/c1-2-3-8-13-9-6-4-5-7-10(11)12/h2H,1,3-9H2,(H,11,12). The zero-order chi connectivity index (χ0) is 9.94. The Bertz CT molecular complexity index is 143. The normalized spacial score (nSPS) is 9.85. The first-order valence-corrected chi connectivity index (χ1v) is 4.68. The average molecular weight is 186 g/mol. The highest BCUT2D eigenvalue weighted by atomic mass is 16.5. The molecule has 0 radical (unpaired) electrons. The molecule has 0 aliphatic carbocycles. The molecule has 0 atom stereocenters. The molecule has 0 unspecified atom stereocenters. The third kappa shape index (κ3) is 11.2. The molecule has 0 heterocycles. The first-order chi connectivity index (χ1) is 6.27. The van der Waals surface area contributed by atoms with E-state index in [4.69, 9.17) is 9.84 Å². The molecule has 0 fully saturated rings. The summed E-state index contributed by atoms with van der Waals surface area (Å²) in [6, 6.07) is 0. The number of rotatable bonds is 9. The van der Waals surface area contributed by atoms with Gasteiger partial charge in [-0.05, 0) is 19.3 Å². The van der Waals surface area contributed by atoms with Crippen LogP contribution in [0.15, 0.2) is 12.7 Å². The number of ether oxygens (including phenoxy) is 1. The molecule has 0 saturated carbocycles. The third-order valence-electron chi connectivity index (χ3n) is 1.65. The number of hydrogen-bond donors (Lipinski definition) is 1. The van der Waals surface area contributed by atoms with E-state index in [1.54, 1.807) is 0 Å². The molecule has 0 spiro atoms. The maximum Gasteiger partial charge on any atom is 0.303 e. The Kier molecular flexibility index (Phi) is 8.67. The van der Waals surface area contributed by atoms with Gasteiger partial charge < -0.3 is 9.84 Å². The SMILES string of the molecule is C=CCCOCCCCCC(=O)O. The molecule has 0 rings (SSSR count). The second-order valence-corrected chi connectivity index (χ2v) is 2.89. The van der Waals surface area contributed by atoms with E-state index in [1.165, 1.54) is 0 Å². The molecule has 1 N–H and O–H groups in total. The summed E-state index contributed by atoms with van der Waals surface area (Å²) >= 11 is 0. The predicted octanol–water partition coefficient (Wildman–Crippen LogP) is 2.22. The van der Waals surface area contributed by atoms with Crippen LogP contribution in [0.25, 0.3) is 0 Å². The first kappa shape index (κ1) is 12.2. The van der Waals surface area contributed by atoms with Crippen molar-refractivity contribution in [3.8, 4) is 0 Å². The van der Waals surface area contributed by atoms with E-state index in [-0.39, 0.29) is 6.42 Å². The highest BCUT2D eigenvalue weighted by molar-refractivity contribution is 5.66. The van der Waals surface area contributed by atoms with Crippen molar-refractivity contribution in [2.24, 2.45) is 0 Å². The van der Waals surface area contributed by atoms with Gasteiger partial charge in [0.25, 0.3) is 0 Å². The highest BCUT2D eigenvalue weighted by Crippen LogP contribution is 2.00. The fourth-order valence-corrected chi connectivity index (χ4v) is 0.926. The van der Waals surface area contributed by atoms with Gasteiger partial charge in [0.05, 0.1) is 0 Å². The van der Waals surface area contributed by atoms with Crippen LogP contribution in [0.1, 0.15) is 32.1 Å². The number of aliphatic carboxylic acids is 1. The summed E-state index contributed by atoms with van der Waals surface area (Å²) in [7, 11) is 0. The maximum absolute atomic E-state index is 10.1. The summed E-state index contributed by atoms with van der Waals surface area (Å²) in [6.45, 7) is 5.04. The summed E-state index contributed by atoms with van der Waals surface area (Å²) in [5, 5.41) is 8.34. The molecule has 0 aliphatic rings. The van der Waals surface area contributed by atoms with Gasteiger partial charge >= 0.3 is 5.97 Å². The Morgan fingerprint density at radius 3 is 2.69 bits per heavy atom. The number of hydrogen-bond acceptors (Lipinski definition) is 2. The molecule has 13 heavy (non-hydrogen) atoms. The van der Waals surface area contributed by atoms with E-state index in [9.17, 15) is 4.79 Å². The lowest BCUT2D eigenvalue weighted by Gasteiger charge is -2.01. The summed E-state index contributed by atoms with van der Waals surface area (Å²) < 4.78 is 5.26. The quantitative estimate of drug-likeness (QED) is 0.443. The van der Waals surface area contributed by atoms with E-state index >= 15 is 0 Å². The minimum Gasteiger partial charge on any atom is -0.481 e. The van der Waals surface area contributed by atoms with Crippen LogP contribution in [-0.4, -0.2) is 24.3 Å². The van der Waals surface area contributed by atoms with Crippen molar-refractivity contribution >= 4 is 5.97 Å². The van der Waals surface area contributed by atoms with Crippen LogP contribution < -0.4 is 0 Å². The fraction of sp³-hybridized carbons (Fsp3) is 0.700. The fourth-order valence-electron chi connectivity index (χ4n) is 0.926. The topological polar surface area (TPSA) is 46.5 Å². The lowest BCUT2D eigenvalue weighted by Crippen LogP contribution is -1.97. The van der Waals surface area contributed by atoms with Crippen LogP contribution >= 0.6 is 0 Å². The summed E-state index contributed by atoms with van der Waals surface area (Å²) in [5.41, 5.74) is 0. The molecule has 0 aromatic carbocycles. The molecule has 0 aromatic heterocycles. The molecule has 0 saturated heterocycles. The number of carboxylic acids is 1. The minimum atomic E-state index is -0.715. The zero-order valence-electron chi connectivity index (χ0n) is 8.00.